The van der Waals surface area contributed by atoms with E-state index < -0.39 is 22.0 Å². The lowest BCUT2D eigenvalue weighted by Crippen LogP contribution is -2.36. The van der Waals surface area contributed by atoms with Gasteiger partial charge in [0.25, 0.3) is 0 Å². The summed E-state index contributed by atoms with van der Waals surface area (Å²) >= 11 is 0. The third kappa shape index (κ3) is 4.05. The number of esters is 2. The predicted octanol–water partition coefficient (Wildman–Crippen LogP) is 0.974. The molecule has 0 bridgehead atoms. The molecule has 1 aliphatic heterocycles. The SMILES string of the molecule is CCN(C)[C@@H]1CCN(S(=O)(=O)c2cc(C(=O)OC)cc(C(=O)OC)c2)C1. The minimum Gasteiger partial charge on any atom is -0.465 e. The van der Waals surface area contributed by atoms with Gasteiger partial charge >= 0.3 is 11.9 Å². The van der Waals surface area contributed by atoms with Crippen LogP contribution in [-0.2, 0) is 19.5 Å². The smallest absolute Gasteiger partial charge is 0.337 e. The van der Waals surface area contributed by atoms with E-state index in [4.69, 9.17) is 0 Å². The van der Waals surface area contributed by atoms with Crippen molar-refractivity contribution in [2.24, 2.45) is 0 Å². The van der Waals surface area contributed by atoms with Gasteiger partial charge in [-0.2, -0.15) is 4.31 Å². The van der Waals surface area contributed by atoms with E-state index >= 15 is 0 Å². The molecular formula is C17H24N2O6S. The lowest BCUT2D eigenvalue weighted by molar-refractivity contribution is 0.0598. The molecule has 144 valence electrons. The molecule has 0 radical (unpaired) electrons. The van der Waals surface area contributed by atoms with Crippen molar-refractivity contribution >= 4 is 22.0 Å². The molecule has 2 rings (SSSR count). The van der Waals surface area contributed by atoms with E-state index in [0.717, 1.165) is 13.0 Å². The Morgan fingerprint density at radius 1 is 1.15 bits per heavy atom. The first-order valence-corrected chi connectivity index (χ1v) is 9.70. The van der Waals surface area contributed by atoms with E-state index in [1.165, 1.54) is 36.7 Å². The van der Waals surface area contributed by atoms with E-state index in [2.05, 4.69) is 14.4 Å². The van der Waals surface area contributed by atoms with Crippen molar-refractivity contribution < 1.29 is 27.5 Å². The number of hydrogen-bond donors (Lipinski definition) is 0. The molecule has 1 heterocycles. The first kappa shape index (κ1) is 20.3. The van der Waals surface area contributed by atoms with E-state index in [1.54, 1.807) is 0 Å². The van der Waals surface area contributed by atoms with E-state index in [9.17, 15) is 18.0 Å². The number of carbonyl (C=O) groups excluding carboxylic acids is 2. The second-order valence-electron chi connectivity index (χ2n) is 6.11. The fourth-order valence-electron chi connectivity index (χ4n) is 2.92. The average Bonchev–Trinajstić information content (AvgIpc) is 3.16. The maximum Gasteiger partial charge on any atom is 0.337 e. The molecule has 1 fully saturated rings. The molecule has 0 amide bonds. The van der Waals surface area contributed by atoms with E-state index in [0.29, 0.717) is 13.1 Å². The van der Waals surface area contributed by atoms with Gasteiger partial charge in [0.15, 0.2) is 0 Å². The van der Waals surface area contributed by atoms with Gasteiger partial charge in [0.1, 0.15) is 0 Å². The van der Waals surface area contributed by atoms with Crippen molar-refractivity contribution in [2.45, 2.75) is 24.3 Å². The fourth-order valence-corrected chi connectivity index (χ4v) is 4.48. The molecule has 0 aliphatic carbocycles. The molecule has 0 aromatic heterocycles. The average molecular weight is 384 g/mol. The molecular weight excluding hydrogens is 360 g/mol. The zero-order valence-electron chi connectivity index (χ0n) is 15.4. The highest BCUT2D eigenvalue weighted by Crippen LogP contribution is 2.25. The summed E-state index contributed by atoms with van der Waals surface area (Å²) in [6.45, 7) is 3.58. The van der Waals surface area contributed by atoms with Crippen molar-refractivity contribution in [1.82, 2.24) is 9.21 Å². The number of sulfonamides is 1. The Labute approximate surface area is 153 Å². The number of carbonyl (C=O) groups is 2. The van der Waals surface area contributed by atoms with Crippen LogP contribution in [0.2, 0.25) is 0 Å². The fraction of sp³-hybridized carbons (Fsp3) is 0.529. The maximum absolute atomic E-state index is 13.0. The van der Waals surface area contributed by atoms with Gasteiger partial charge in [-0.05, 0) is 38.2 Å². The van der Waals surface area contributed by atoms with Crippen LogP contribution in [0.1, 0.15) is 34.1 Å². The highest BCUT2D eigenvalue weighted by molar-refractivity contribution is 7.89. The Morgan fingerprint density at radius 3 is 2.15 bits per heavy atom. The quantitative estimate of drug-likeness (QED) is 0.675. The Hall–Kier alpha value is -1.97. The van der Waals surface area contributed by atoms with Crippen molar-refractivity contribution in [2.75, 3.05) is 40.9 Å². The number of rotatable bonds is 6. The molecule has 0 unspecified atom stereocenters. The second-order valence-corrected chi connectivity index (χ2v) is 8.05. The zero-order chi connectivity index (χ0) is 19.5. The predicted molar refractivity (Wildman–Crippen MR) is 94.6 cm³/mol. The Balaban J connectivity index is 2.42. The maximum atomic E-state index is 13.0. The second kappa shape index (κ2) is 8.15. The van der Waals surface area contributed by atoms with Gasteiger partial charge in [0.2, 0.25) is 10.0 Å². The summed E-state index contributed by atoms with van der Waals surface area (Å²) in [5.41, 5.74) is -0.0363. The van der Waals surface area contributed by atoms with Crippen molar-refractivity contribution in [1.29, 1.82) is 0 Å². The minimum absolute atomic E-state index is 0.0181. The zero-order valence-corrected chi connectivity index (χ0v) is 16.2. The summed E-state index contributed by atoms with van der Waals surface area (Å²) in [5, 5.41) is 0. The molecule has 1 aliphatic rings. The Morgan fingerprint density at radius 2 is 1.69 bits per heavy atom. The lowest BCUT2D eigenvalue weighted by atomic mass is 10.1. The molecule has 1 atom stereocenters. The number of methoxy groups -OCH3 is 2. The standard InChI is InChI=1S/C17H24N2O6S/c1-5-18(2)14-6-7-19(11-14)26(22,23)15-9-12(16(20)24-3)8-13(10-15)17(21)25-4/h8-10,14H,5-7,11H2,1-4H3/t14-/m1/s1. The van der Waals surface area contributed by atoms with Gasteiger partial charge in [-0.25, -0.2) is 18.0 Å². The van der Waals surface area contributed by atoms with E-state index in [-0.39, 0.29) is 22.1 Å². The highest BCUT2D eigenvalue weighted by atomic mass is 32.2. The van der Waals surface area contributed by atoms with Gasteiger partial charge < -0.3 is 14.4 Å². The summed E-state index contributed by atoms with van der Waals surface area (Å²) in [6.07, 6.45) is 0.726. The van der Waals surface area contributed by atoms with Crippen LogP contribution in [0.15, 0.2) is 23.1 Å². The first-order chi connectivity index (χ1) is 12.2. The Bertz CT molecular complexity index is 758. The van der Waals surface area contributed by atoms with Gasteiger partial charge in [0.05, 0.1) is 30.2 Å². The van der Waals surface area contributed by atoms with Crippen LogP contribution >= 0.6 is 0 Å². The molecule has 0 saturated carbocycles. The summed E-state index contributed by atoms with van der Waals surface area (Å²) in [5.74, 6) is -1.45. The largest absolute Gasteiger partial charge is 0.465 e. The lowest BCUT2D eigenvalue weighted by Gasteiger charge is -2.23. The third-order valence-corrected chi connectivity index (χ3v) is 6.48. The van der Waals surface area contributed by atoms with Crippen LogP contribution < -0.4 is 0 Å². The molecule has 1 aromatic carbocycles. The number of nitrogens with zero attached hydrogens (tertiary/aromatic N) is 2. The number of benzene rings is 1. The van der Waals surface area contributed by atoms with Crippen molar-refractivity contribution in [3.05, 3.63) is 29.3 Å². The van der Waals surface area contributed by atoms with Crippen LogP contribution in [0.3, 0.4) is 0 Å². The summed E-state index contributed by atoms with van der Waals surface area (Å²) < 4.78 is 36.7. The molecule has 0 N–H and O–H groups in total. The van der Waals surface area contributed by atoms with Crippen LogP contribution in [0.5, 0.6) is 0 Å². The van der Waals surface area contributed by atoms with Gasteiger partial charge in [0, 0.05) is 19.1 Å². The molecule has 8 nitrogen and oxygen atoms in total. The molecule has 1 aromatic rings. The number of hydrogen-bond acceptors (Lipinski definition) is 7. The van der Waals surface area contributed by atoms with Crippen molar-refractivity contribution in [3.63, 3.8) is 0 Å². The van der Waals surface area contributed by atoms with Crippen LogP contribution in [0.4, 0.5) is 0 Å². The normalized spacial score (nSPS) is 18.1. The molecule has 9 heteroatoms. The summed E-state index contributed by atoms with van der Waals surface area (Å²) in [4.78, 5) is 25.7. The first-order valence-electron chi connectivity index (χ1n) is 8.26. The topological polar surface area (TPSA) is 93.2 Å². The van der Waals surface area contributed by atoms with E-state index in [1.807, 2.05) is 14.0 Å². The monoisotopic (exact) mass is 384 g/mol. The van der Waals surface area contributed by atoms with Gasteiger partial charge in [-0.3, -0.25) is 0 Å². The molecule has 0 spiro atoms. The number of likely N-dealkylation sites (N-methyl/N-ethyl adjacent to an activating group) is 1. The van der Waals surface area contributed by atoms with Gasteiger partial charge in [-0.15, -0.1) is 0 Å². The molecule has 26 heavy (non-hydrogen) atoms. The van der Waals surface area contributed by atoms with Crippen molar-refractivity contribution in [3.8, 4) is 0 Å². The van der Waals surface area contributed by atoms with Gasteiger partial charge in [-0.1, -0.05) is 6.92 Å². The van der Waals surface area contributed by atoms with Crippen LogP contribution in [0, 0.1) is 0 Å². The Kier molecular flexibility index (Phi) is 6.38. The van der Waals surface area contributed by atoms with Crippen LogP contribution in [-0.4, -0.2) is 76.5 Å². The summed E-state index contributed by atoms with van der Waals surface area (Å²) in [6, 6.07) is 3.85. The summed E-state index contributed by atoms with van der Waals surface area (Å²) in [7, 11) is 0.477. The third-order valence-electron chi connectivity index (χ3n) is 4.63. The minimum atomic E-state index is -3.85. The highest BCUT2D eigenvalue weighted by Gasteiger charge is 2.34. The number of ether oxygens (including phenoxy) is 2. The molecule has 1 saturated heterocycles. The van der Waals surface area contributed by atoms with Crippen LogP contribution in [0.25, 0.3) is 0 Å².